The molecule has 0 aromatic carbocycles. The van der Waals surface area contributed by atoms with Crippen LogP contribution in [-0.4, -0.2) is 63.5 Å². The van der Waals surface area contributed by atoms with E-state index in [-0.39, 0.29) is 32.0 Å². The average Bonchev–Trinajstić information content (AvgIpc) is 1.41. The number of hydrogen-bond donors (Lipinski definition) is 0. The zero-order valence-corrected chi connectivity index (χ0v) is 12.0. The molecule has 0 aliphatic rings. The van der Waals surface area contributed by atoms with Crippen LogP contribution in [0.5, 0.6) is 0 Å². The van der Waals surface area contributed by atoms with Crippen LogP contribution in [0.2, 0.25) is 0 Å². The van der Waals surface area contributed by atoms with Crippen molar-refractivity contribution >= 4 is 31.2 Å². The molecule has 0 atom stereocenters. The van der Waals surface area contributed by atoms with Crippen molar-refractivity contribution in [3.05, 3.63) is 0 Å². The van der Waals surface area contributed by atoms with Crippen LogP contribution in [0.4, 0.5) is 0 Å². The van der Waals surface area contributed by atoms with Gasteiger partial charge in [-0.25, -0.2) is 0 Å². The predicted molar refractivity (Wildman–Crippen MR) is 38.7 cm³/mol. The van der Waals surface area contributed by atoms with E-state index in [1.54, 1.807) is 0 Å². The van der Waals surface area contributed by atoms with Gasteiger partial charge >= 0.3 is 21.1 Å². The molecule has 0 heterocycles. The molecule has 0 aromatic rings. The molecule has 0 bridgehead atoms. The van der Waals surface area contributed by atoms with Crippen molar-refractivity contribution in [2.24, 2.45) is 0 Å². The first-order valence-electron chi connectivity index (χ1n) is 2.00. The van der Waals surface area contributed by atoms with Crippen LogP contribution in [0.1, 0.15) is 0 Å². The van der Waals surface area contributed by atoms with Gasteiger partial charge in [-0.1, -0.05) is 0 Å². The van der Waals surface area contributed by atoms with Crippen LogP contribution in [0, 0.1) is 0 Å². The summed E-state index contributed by atoms with van der Waals surface area (Å²) in [7, 11) is -15.5. The van der Waals surface area contributed by atoms with E-state index < -0.39 is 31.2 Å². The van der Waals surface area contributed by atoms with E-state index in [0.717, 1.165) is 0 Å². The van der Waals surface area contributed by atoms with Crippen LogP contribution in [0.15, 0.2) is 0 Å². The zero-order valence-electron chi connectivity index (χ0n) is 7.53. The monoisotopic (exact) mass is 422 g/mol. The van der Waals surface area contributed by atoms with E-state index in [0.29, 0.717) is 0 Å². The maximum Gasteiger partial charge on any atom is 6.00 e. The minimum absolute atomic E-state index is 0. The van der Waals surface area contributed by atoms with Crippen molar-refractivity contribution in [3.8, 4) is 0 Å². The predicted octanol–water partition coefficient (Wildman–Crippen LogP) is -5.67. The second-order valence-electron chi connectivity index (χ2n) is 1.22. The summed E-state index contributed by atoms with van der Waals surface area (Å²) in [5.74, 6) is 0. The molecule has 0 fully saturated rings. The summed E-state index contributed by atoms with van der Waals surface area (Å²) in [4.78, 5) is 0. The number of hydrogen-bond acceptors (Lipinski definition) is 12. The van der Waals surface area contributed by atoms with Crippen LogP contribution < -0.4 is 0 Å². The van der Waals surface area contributed by atoms with Gasteiger partial charge < -0.3 is 38.3 Å². The van der Waals surface area contributed by atoms with E-state index in [4.69, 9.17) is 52.6 Å². The molecule has 0 radical (unpaired) electrons. The fraction of sp³-hybridized carbons (Fsp3) is 0. The Balaban J connectivity index is -0.0000000277. The molecule has 0 amide bonds. The molecule has 0 aliphatic carbocycles. The van der Waals surface area contributed by atoms with Crippen LogP contribution in [0.3, 0.4) is 0 Å². The average molecular weight is 420 g/mol. The van der Waals surface area contributed by atoms with Gasteiger partial charge in [0.1, 0.15) is 0 Å². The fourth-order valence-corrected chi connectivity index (χ4v) is 0. The Morgan fingerprint density at radius 1 is 0.444 bits per heavy atom. The number of rotatable bonds is 0. The Labute approximate surface area is 116 Å². The minimum atomic E-state index is -5.17. The van der Waals surface area contributed by atoms with E-state index in [1.165, 1.54) is 0 Å². The summed E-state index contributed by atoms with van der Waals surface area (Å²) >= 11 is 0. The third kappa shape index (κ3) is 78800. The summed E-state index contributed by atoms with van der Waals surface area (Å²) in [5, 5.41) is 0. The largest absolute Gasteiger partial charge is 6.00 e. The van der Waals surface area contributed by atoms with Crippen LogP contribution in [-0.2, 0) is 52.3 Å². The van der Waals surface area contributed by atoms with Gasteiger partial charge in [-0.3, -0.25) is 25.3 Å². The smallest absolute Gasteiger partial charge is 0.759 e. The Morgan fingerprint density at radius 2 is 0.444 bits per heavy atom. The van der Waals surface area contributed by atoms with Crippen molar-refractivity contribution in [1.82, 2.24) is 0 Å². The SMILES string of the molecule is O.O.O=S(=O)([O-])[O-].O=S(=O)([O-])[O-].O=S(=O)([O-])[O-].[Mo+6]. The topological polar surface area (TPSA) is 304 Å². The second kappa shape index (κ2) is 13.6. The van der Waals surface area contributed by atoms with Gasteiger partial charge in [0.15, 0.2) is 0 Å². The van der Waals surface area contributed by atoms with Crippen LogP contribution in [0.25, 0.3) is 0 Å². The van der Waals surface area contributed by atoms with Crippen molar-refractivity contribution in [1.29, 1.82) is 0 Å². The molecule has 0 spiro atoms. The Hall–Kier alpha value is 0.218. The summed E-state index contributed by atoms with van der Waals surface area (Å²) in [5.41, 5.74) is 0. The summed E-state index contributed by atoms with van der Waals surface area (Å²) < 4.78 is 102. The molecule has 0 rings (SSSR count). The molecule has 0 aliphatic heterocycles. The quantitative estimate of drug-likeness (QED) is 0.201. The molecule has 14 nitrogen and oxygen atoms in total. The van der Waals surface area contributed by atoms with E-state index in [1.807, 2.05) is 0 Å². The summed E-state index contributed by atoms with van der Waals surface area (Å²) in [6.07, 6.45) is 0. The first-order valence-corrected chi connectivity index (χ1v) is 6.00. The molecule has 0 saturated heterocycles. The molecule has 0 aromatic heterocycles. The van der Waals surface area contributed by atoms with Gasteiger partial charge in [-0.2, -0.15) is 0 Å². The third-order valence-corrected chi connectivity index (χ3v) is 0. The van der Waals surface area contributed by atoms with Gasteiger partial charge in [0.2, 0.25) is 0 Å². The van der Waals surface area contributed by atoms with Gasteiger partial charge in [0, 0.05) is 31.2 Å². The van der Waals surface area contributed by atoms with Crippen LogP contribution >= 0.6 is 0 Å². The maximum atomic E-state index is 8.52. The molecule has 0 unspecified atom stereocenters. The Bertz CT molecular complexity index is 338. The van der Waals surface area contributed by atoms with Gasteiger partial charge in [-0.05, 0) is 0 Å². The minimum Gasteiger partial charge on any atom is -0.759 e. The van der Waals surface area contributed by atoms with Gasteiger partial charge in [-0.15, -0.1) is 0 Å². The third-order valence-electron chi connectivity index (χ3n) is 0. The van der Waals surface area contributed by atoms with Gasteiger partial charge in [0.25, 0.3) is 0 Å². The molecular weight excluding hydrogens is 416 g/mol. The molecule has 0 saturated carbocycles. The second-order valence-corrected chi connectivity index (χ2v) is 3.67. The standard InChI is InChI=1S/Mo.3H2O4S.2H2O/c;3*1-5(2,3)4;;/h;3*(H2,1,2,3,4);2*1H2/q+6;;;;;/p-6. The van der Waals surface area contributed by atoms with Crippen molar-refractivity contribution < 1.29 is 84.6 Å². The Kier molecular flexibility index (Phi) is 27.4. The van der Waals surface area contributed by atoms with Crippen molar-refractivity contribution in [2.45, 2.75) is 0 Å². The molecule has 18 heavy (non-hydrogen) atoms. The first-order chi connectivity index (χ1) is 6.00. The normalized spacial score (nSPS) is 9.67. The molecule has 4 N–H and O–H groups in total. The fourth-order valence-electron chi connectivity index (χ4n) is 0. The van der Waals surface area contributed by atoms with E-state index in [2.05, 4.69) is 0 Å². The van der Waals surface area contributed by atoms with Gasteiger partial charge in [0.05, 0.1) is 0 Å². The van der Waals surface area contributed by atoms with E-state index in [9.17, 15) is 0 Å². The van der Waals surface area contributed by atoms with Crippen molar-refractivity contribution in [2.75, 3.05) is 0 Å². The first kappa shape index (κ1) is 36.2. The summed E-state index contributed by atoms with van der Waals surface area (Å²) in [6, 6.07) is 0. The molecule has 18 heteroatoms. The maximum absolute atomic E-state index is 8.52. The van der Waals surface area contributed by atoms with Crippen molar-refractivity contribution in [3.63, 3.8) is 0 Å². The summed E-state index contributed by atoms with van der Waals surface area (Å²) in [6.45, 7) is 0. The molecular formula is H4MoO14S3. The zero-order chi connectivity index (χ0) is 13.5. The molecule has 112 valence electrons. The Morgan fingerprint density at radius 3 is 0.444 bits per heavy atom. The van der Waals surface area contributed by atoms with E-state index >= 15 is 0 Å².